The molecule has 4 rings (SSSR count). The fraction of sp³-hybridized carbons (Fsp3) is 0.120. The molecule has 0 aliphatic carbocycles. The number of nitrogens with zero attached hydrogens (tertiary/aromatic N) is 1. The molecule has 0 spiro atoms. The van der Waals surface area contributed by atoms with Crippen molar-refractivity contribution in [2.24, 2.45) is 0 Å². The van der Waals surface area contributed by atoms with E-state index in [1.807, 2.05) is 31.2 Å². The fourth-order valence-electron chi connectivity index (χ4n) is 3.38. The molecule has 0 N–H and O–H groups in total. The molecule has 1 heterocycles. The zero-order chi connectivity index (χ0) is 24.3. The van der Waals surface area contributed by atoms with Gasteiger partial charge in [0, 0.05) is 5.56 Å². The summed E-state index contributed by atoms with van der Waals surface area (Å²) in [4.78, 5) is 26.9. The lowest BCUT2D eigenvalue weighted by Gasteiger charge is -2.14. The quantitative estimate of drug-likeness (QED) is 0.336. The Bertz CT molecular complexity index is 1380. The maximum Gasteiger partial charge on any atom is 0.339 e. The molecule has 1 aliphatic heterocycles. The molecule has 7 nitrogen and oxygen atoms in total. The predicted molar refractivity (Wildman–Crippen MR) is 130 cm³/mol. The lowest BCUT2D eigenvalue weighted by atomic mass is 10.1. The first-order valence-corrected chi connectivity index (χ1v) is 12.5. The molecule has 0 unspecified atom stereocenters. The van der Waals surface area contributed by atoms with E-state index >= 15 is 0 Å². The Balaban J connectivity index is 1.67. The zero-order valence-corrected chi connectivity index (χ0v) is 20.1. The molecular weight excluding hydrogens is 474 g/mol. The number of hydrogen-bond acceptors (Lipinski definition) is 7. The monoisotopic (exact) mass is 495 g/mol. The second-order valence-electron chi connectivity index (χ2n) is 7.42. The minimum Gasteiger partial charge on any atom is -0.493 e. The molecule has 2 amide bonds. The standard InChI is InChI=1S/C25H21NO6S2/c1-17-9-6-7-10-19(17)16-26-24(27)22(33-25(26)28)15-18-11-8-14-21(31-2)23(18)32-34(29,30)20-12-4-3-5-13-20/h3-15H,16H2,1-2H3/b22-15-. The van der Waals surface area contributed by atoms with Crippen molar-refractivity contribution in [3.63, 3.8) is 0 Å². The number of rotatable bonds is 7. The number of carbonyl (C=O) groups is 2. The predicted octanol–water partition coefficient (Wildman–Crippen LogP) is 5.01. The number of benzene rings is 3. The third-order valence-corrected chi connectivity index (χ3v) is 7.35. The average Bonchev–Trinajstić information content (AvgIpc) is 3.09. The van der Waals surface area contributed by atoms with Crippen LogP contribution in [0.3, 0.4) is 0 Å². The van der Waals surface area contributed by atoms with Gasteiger partial charge in [0.2, 0.25) is 0 Å². The maximum absolute atomic E-state index is 13.0. The Hall–Kier alpha value is -3.56. The van der Waals surface area contributed by atoms with Gasteiger partial charge in [-0.1, -0.05) is 54.6 Å². The summed E-state index contributed by atoms with van der Waals surface area (Å²) in [6, 6.07) is 20.0. The van der Waals surface area contributed by atoms with Gasteiger partial charge >= 0.3 is 10.1 Å². The van der Waals surface area contributed by atoms with Crippen LogP contribution in [0.4, 0.5) is 4.79 Å². The first-order chi connectivity index (χ1) is 16.3. The van der Waals surface area contributed by atoms with E-state index in [-0.39, 0.29) is 27.8 Å². The van der Waals surface area contributed by atoms with Crippen molar-refractivity contribution in [3.05, 3.63) is 94.4 Å². The summed E-state index contributed by atoms with van der Waals surface area (Å²) in [5, 5.41) is -0.401. The molecule has 0 radical (unpaired) electrons. The van der Waals surface area contributed by atoms with Gasteiger partial charge < -0.3 is 8.92 Å². The number of ether oxygens (including phenoxy) is 1. The molecule has 0 bridgehead atoms. The Labute approximate surface area is 202 Å². The average molecular weight is 496 g/mol. The normalized spacial score (nSPS) is 15.1. The smallest absolute Gasteiger partial charge is 0.339 e. The van der Waals surface area contributed by atoms with Gasteiger partial charge in [-0.05, 0) is 54.1 Å². The van der Waals surface area contributed by atoms with Gasteiger partial charge in [0.25, 0.3) is 11.1 Å². The first kappa shape index (κ1) is 23.6. The lowest BCUT2D eigenvalue weighted by molar-refractivity contribution is -0.123. The van der Waals surface area contributed by atoms with Crippen LogP contribution in [0.25, 0.3) is 6.08 Å². The molecular formula is C25H21NO6S2. The summed E-state index contributed by atoms with van der Waals surface area (Å²) in [5.41, 5.74) is 2.13. The second kappa shape index (κ2) is 9.74. The van der Waals surface area contributed by atoms with E-state index in [2.05, 4.69) is 0 Å². The van der Waals surface area contributed by atoms with Crippen LogP contribution in [-0.2, 0) is 21.5 Å². The van der Waals surface area contributed by atoms with Gasteiger partial charge in [-0.15, -0.1) is 0 Å². The highest BCUT2D eigenvalue weighted by molar-refractivity contribution is 8.18. The van der Waals surface area contributed by atoms with Gasteiger partial charge in [-0.3, -0.25) is 14.5 Å². The Morgan fingerprint density at radius 2 is 1.65 bits per heavy atom. The van der Waals surface area contributed by atoms with Crippen LogP contribution < -0.4 is 8.92 Å². The third-order valence-electron chi connectivity index (χ3n) is 5.20. The lowest BCUT2D eigenvalue weighted by Crippen LogP contribution is -2.27. The van der Waals surface area contributed by atoms with Crippen LogP contribution in [-0.4, -0.2) is 31.6 Å². The molecule has 1 aliphatic rings. The number of hydrogen-bond donors (Lipinski definition) is 0. The molecule has 3 aromatic rings. The molecule has 0 atom stereocenters. The van der Waals surface area contributed by atoms with Crippen LogP contribution >= 0.6 is 11.8 Å². The van der Waals surface area contributed by atoms with E-state index in [0.717, 1.165) is 22.9 Å². The molecule has 174 valence electrons. The third kappa shape index (κ3) is 4.85. The second-order valence-corrected chi connectivity index (χ2v) is 9.96. The molecule has 34 heavy (non-hydrogen) atoms. The summed E-state index contributed by atoms with van der Waals surface area (Å²) in [7, 11) is -2.77. The highest BCUT2D eigenvalue weighted by Gasteiger charge is 2.35. The number of para-hydroxylation sites is 1. The van der Waals surface area contributed by atoms with Crippen molar-refractivity contribution in [1.29, 1.82) is 0 Å². The number of carbonyl (C=O) groups excluding carboxylic acids is 2. The largest absolute Gasteiger partial charge is 0.493 e. The summed E-state index contributed by atoms with van der Waals surface area (Å²) < 4.78 is 36.4. The van der Waals surface area contributed by atoms with Crippen LogP contribution in [0.2, 0.25) is 0 Å². The summed E-state index contributed by atoms with van der Waals surface area (Å²) in [6.45, 7) is 2.07. The Morgan fingerprint density at radius 1 is 0.941 bits per heavy atom. The van der Waals surface area contributed by atoms with Gasteiger partial charge in [0.05, 0.1) is 18.6 Å². The molecule has 0 aromatic heterocycles. The number of thioether (sulfide) groups is 1. The van der Waals surface area contributed by atoms with Gasteiger partial charge in [-0.25, -0.2) is 0 Å². The van der Waals surface area contributed by atoms with Gasteiger partial charge in [0.15, 0.2) is 11.5 Å². The number of methoxy groups -OCH3 is 1. The van der Waals surface area contributed by atoms with Gasteiger partial charge in [0.1, 0.15) is 4.90 Å². The van der Waals surface area contributed by atoms with Crippen LogP contribution in [0, 0.1) is 6.92 Å². The van der Waals surface area contributed by atoms with Crippen molar-refractivity contribution in [2.45, 2.75) is 18.4 Å². The van der Waals surface area contributed by atoms with E-state index < -0.39 is 21.3 Å². The van der Waals surface area contributed by atoms with E-state index in [0.29, 0.717) is 5.56 Å². The van der Waals surface area contributed by atoms with Crippen LogP contribution in [0.5, 0.6) is 11.5 Å². The van der Waals surface area contributed by atoms with Crippen molar-refractivity contribution in [3.8, 4) is 11.5 Å². The van der Waals surface area contributed by atoms with Crippen molar-refractivity contribution in [2.75, 3.05) is 7.11 Å². The number of amides is 2. The van der Waals surface area contributed by atoms with Crippen LogP contribution in [0.1, 0.15) is 16.7 Å². The minimum atomic E-state index is -4.16. The fourth-order valence-corrected chi connectivity index (χ4v) is 5.19. The molecule has 9 heteroatoms. The molecule has 1 saturated heterocycles. The summed E-state index contributed by atoms with van der Waals surface area (Å²) in [6.07, 6.45) is 1.45. The highest BCUT2D eigenvalue weighted by atomic mass is 32.2. The van der Waals surface area contributed by atoms with Gasteiger partial charge in [-0.2, -0.15) is 8.42 Å². The van der Waals surface area contributed by atoms with Crippen LogP contribution in [0.15, 0.2) is 82.6 Å². The Kier molecular flexibility index (Phi) is 6.76. The van der Waals surface area contributed by atoms with E-state index in [1.54, 1.807) is 36.4 Å². The molecule has 3 aromatic carbocycles. The van der Waals surface area contributed by atoms with Crippen molar-refractivity contribution >= 4 is 39.1 Å². The van der Waals surface area contributed by atoms with E-state index in [9.17, 15) is 18.0 Å². The first-order valence-electron chi connectivity index (χ1n) is 10.3. The van der Waals surface area contributed by atoms with E-state index in [1.165, 1.54) is 30.2 Å². The minimum absolute atomic E-state index is 0.0228. The maximum atomic E-state index is 13.0. The topological polar surface area (TPSA) is 90.0 Å². The van der Waals surface area contributed by atoms with Crippen molar-refractivity contribution < 1.29 is 26.9 Å². The van der Waals surface area contributed by atoms with E-state index in [4.69, 9.17) is 8.92 Å². The zero-order valence-electron chi connectivity index (χ0n) is 18.4. The summed E-state index contributed by atoms with van der Waals surface area (Å²) >= 11 is 0.791. The summed E-state index contributed by atoms with van der Waals surface area (Å²) in [5.74, 6) is -0.357. The number of aryl methyl sites for hydroxylation is 1. The molecule has 1 fully saturated rings. The Morgan fingerprint density at radius 3 is 2.35 bits per heavy atom. The highest BCUT2D eigenvalue weighted by Crippen LogP contribution is 2.39. The molecule has 0 saturated carbocycles. The van der Waals surface area contributed by atoms with Crippen molar-refractivity contribution in [1.82, 2.24) is 4.90 Å². The SMILES string of the molecule is COc1cccc(/C=C2\SC(=O)N(Cc3ccccc3C)C2=O)c1OS(=O)(=O)c1ccccc1. The number of imide groups is 1.